The van der Waals surface area contributed by atoms with E-state index in [0.29, 0.717) is 18.8 Å². The van der Waals surface area contributed by atoms with Crippen LogP contribution >= 0.6 is 15.9 Å². The predicted octanol–water partition coefficient (Wildman–Crippen LogP) is 2.49. The fourth-order valence-electron chi connectivity index (χ4n) is 2.89. The van der Waals surface area contributed by atoms with Gasteiger partial charge in [0.15, 0.2) is 5.79 Å². The highest BCUT2D eigenvalue weighted by molar-refractivity contribution is 9.10. The lowest BCUT2D eigenvalue weighted by Gasteiger charge is -2.37. The van der Waals surface area contributed by atoms with E-state index in [-0.39, 0.29) is 5.79 Å². The highest BCUT2D eigenvalue weighted by atomic mass is 79.9. The van der Waals surface area contributed by atoms with Crippen molar-refractivity contribution in [3.63, 3.8) is 0 Å². The molecule has 0 atom stereocenters. The minimum Gasteiger partial charge on any atom is -0.478 e. The summed E-state index contributed by atoms with van der Waals surface area (Å²) in [6.07, 6.45) is 1.77. The Morgan fingerprint density at radius 2 is 1.95 bits per heavy atom. The number of halogens is 1. The number of ether oxygens (including phenoxy) is 2. The lowest BCUT2D eigenvalue weighted by molar-refractivity contribution is -0.185. The zero-order chi connectivity index (χ0) is 14.9. The fraction of sp³-hybridized carbons (Fsp3) is 0.533. The number of likely N-dealkylation sites (tertiary alicyclic amines) is 1. The predicted molar refractivity (Wildman–Crippen MR) is 80.2 cm³/mol. The lowest BCUT2D eigenvalue weighted by Crippen LogP contribution is -2.44. The normalized spacial score (nSPS) is 21.8. The number of carboxylic acids is 1. The number of carbonyl (C=O) groups is 1. The quantitative estimate of drug-likeness (QED) is 0.902. The van der Waals surface area contributed by atoms with Crippen molar-refractivity contribution in [3.8, 4) is 0 Å². The maximum Gasteiger partial charge on any atom is 0.335 e. The molecule has 0 bridgehead atoms. The number of rotatable bonds is 3. The molecule has 1 N–H and O–H groups in total. The third kappa shape index (κ3) is 3.29. The summed E-state index contributed by atoms with van der Waals surface area (Å²) >= 11 is 3.46. The maximum atomic E-state index is 10.9. The van der Waals surface area contributed by atoms with Crippen molar-refractivity contribution in [3.05, 3.63) is 33.8 Å². The Hall–Kier alpha value is -0.950. The largest absolute Gasteiger partial charge is 0.478 e. The van der Waals surface area contributed by atoms with Gasteiger partial charge in [0.25, 0.3) is 0 Å². The first-order chi connectivity index (χ1) is 10.1. The molecular formula is C15H18BrNO4. The molecule has 2 aliphatic heterocycles. The lowest BCUT2D eigenvalue weighted by atomic mass is 10.0. The molecular weight excluding hydrogens is 338 g/mol. The maximum absolute atomic E-state index is 10.9. The average molecular weight is 356 g/mol. The van der Waals surface area contributed by atoms with Crippen LogP contribution < -0.4 is 0 Å². The third-order valence-corrected chi connectivity index (χ3v) is 4.86. The highest BCUT2D eigenvalue weighted by Gasteiger charge is 2.39. The van der Waals surface area contributed by atoms with Crippen molar-refractivity contribution < 1.29 is 19.4 Å². The van der Waals surface area contributed by atoms with Gasteiger partial charge in [-0.05, 0) is 17.7 Å². The molecule has 0 radical (unpaired) electrons. The van der Waals surface area contributed by atoms with Crippen LogP contribution in [-0.2, 0) is 16.0 Å². The molecule has 2 aliphatic rings. The number of nitrogens with zero attached hydrogens (tertiary/aromatic N) is 1. The van der Waals surface area contributed by atoms with Crippen LogP contribution in [0.2, 0.25) is 0 Å². The first-order valence-electron chi connectivity index (χ1n) is 7.10. The molecule has 5 nitrogen and oxygen atoms in total. The smallest absolute Gasteiger partial charge is 0.335 e. The zero-order valence-electron chi connectivity index (χ0n) is 11.7. The molecule has 2 heterocycles. The van der Waals surface area contributed by atoms with E-state index in [4.69, 9.17) is 14.6 Å². The SMILES string of the molecule is O=C(O)c1ccc(CN2CCC3(CC2)OCCO3)c(Br)c1. The van der Waals surface area contributed by atoms with E-state index in [9.17, 15) is 4.79 Å². The molecule has 0 aromatic heterocycles. The molecule has 0 aliphatic carbocycles. The van der Waals surface area contributed by atoms with Gasteiger partial charge in [0.2, 0.25) is 0 Å². The highest BCUT2D eigenvalue weighted by Crippen LogP contribution is 2.32. The Kier molecular flexibility index (Phi) is 4.31. The van der Waals surface area contributed by atoms with E-state index in [1.807, 2.05) is 6.07 Å². The molecule has 114 valence electrons. The number of carboxylic acid groups (broad SMARTS) is 1. The van der Waals surface area contributed by atoms with Gasteiger partial charge in [0.05, 0.1) is 18.8 Å². The van der Waals surface area contributed by atoms with Crippen LogP contribution in [0.3, 0.4) is 0 Å². The second-order valence-corrected chi connectivity index (χ2v) is 6.35. The molecule has 0 saturated carbocycles. The van der Waals surface area contributed by atoms with Crippen molar-refractivity contribution >= 4 is 21.9 Å². The molecule has 2 saturated heterocycles. The van der Waals surface area contributed by atoms with Crippen LogP contribution in [0.25, 0.3) is 0 Å². The van der Waals surface area contributed by atoms with Crippen LogP contribution in [0.5, 0.6) is 0 Å². The molecule has 0 amide bonds. The second kappa shape index (κ2) is 6.04. The number of hydrogen-bond donors (Lipinski definition) is 1. The van der Waals surface area contributed by atoms with E-state index in [1.54, 1.807) is 12.1 Å². The van der Waals surface area contributed by atoms with Crippen LogP contribution in [0.1, 0.15) is 28.8 Å². The standard InChI is InChI=1S/C15H18BrNO4/c16-13-9-11(14(18)19)1-2-12(13)10-17-5-3-15(4-6-17)20-7-8-21-15/h1-2,9H,3-8,10H2,(H,18,19). The van der Waals surface area contributed by atoms with Gasteiger partial charge in [-0.3, -0.25) is 4.90 Å². The van der Waals surface area contributed by atoms with Gasteiger partial charge in [0.1, 0.15) is 0 Å². The zero-order valence-corrected chi connectivity index (χ0v) is 13.3. The summed E-state index contributed by atoms with van der Waals surface area (Å²) in [6, 6.07) is 5.18. The Labute approximate surface area is 132 Å². The van der Waals surface area contributed by atoms with Crippen molar-refractivity contribution in [1.29, 1.82) is 0 Å². The molecule has 1 aromatic rings. The second-order valence-electron chi connectivity index (χ2n) is 5.50. The average Bonchev–Trinajstić information content (AvgIpc) is 2.92. The summed E-state index contributed by atoms with van der Waals surface area (Å²) in [5, 5.41) is 8.98. The Morgan fingerprint density at radius 1 is 1.29 bits per heavy atom. The van der Waals surface area contributed by atoms with E-state index >= 15 is 0 Å². The van der Waals surface area contributed by atoms with Gasteiger partial charge in [-0.25, -0.2) is 4.79 Å². The Balaban J connectivity index is 1.61. The minimum atomic E-state index is -0.905. The van der Waals surface area contributed by atoms with Crippen LogP contribution in [-0.4, -0.2) is 48.1 Å². The Bertz CT molecular complexity index is 532. The molecule has 0 unspecified atom stereocenters. The van der Waals surface area contributed by atoms with Crippen molar-refractivity contribution in [2.45, 2.75) is 25.2 Å². The van der Waals surface area contributed by atoms with E-state index in [0.717, 1.165) is 42.5 Å². The first-order valence-corrected chi connectivity index (χ1v) is 7.89. The summed E-state index contributed by atoms with van der Waals surface area (Å²) in [6.45, 7) is 4.04. The van der Waals surface area contributed by atoms with E-state index in [1.165, 1.54) is 0 Å². The molecule has 3 rings (SSSR count). The number of benzene rings is 1. The monoisotopic (exact) mass is 355 g/mol. The topological polar surface area (TPSA) is 59.0 Å². The van der Waals surface area contributed by atoms with Gasteiger partial charge in [-0.15, -0.1) is 0 Å². The molecule has 1 spiro atoms. The summed E-state index contributed by atoms with van der Waals surface area (Å²) in [5.74, 6) is -1.25. The van der Waals surface area contributed by atoms with E-state index < -0.39 is 5.97 Å². The number of aromatic carboxylic acids is 1. The third-order valence-electron chi connectivity index (χ3n) is 4.13. The number of hydrogen-bond acceptors (Lipinski definition) is 4. The molecule has 1 aromatic carbocycles. The van der Waals surface area contributed by atoms with Gasteiger partial charge in [0, 0.05) is 36.9 Å². The van der Waals surface area contributed by atoms with Crippen molar-refractivity contribution in [2.24, 2.45) is 0 Å². The van der Waals surface area contributed by atoms with Gasteiger partial charge < -0.3 is 14.6 Å². The van der Waals surface area contributed by atoms with Crippen LogP contribution in [0, 0.1) is 0 Å². The Morgan fingerprint density at radius 3 is 2.52 bits per heavy atom. The summed E-state index contributed by atoms with van der Waals surface area (Å²) in [5.41, 5.74) is 1.40. The molecule has 21 heavy (non-hydrogen) atoms. The summed E-state index contributed by atoms with van der Waals surface area (Å²) < 4.78 is 12.3. The fourth-order valence-corrected chi connectivity index (χ4v) is 3.39. The van der Waals surface area contributed by atoms with Gasteiger partial charge in [-0.2, -0.15) is 0 Å². The van der Waals surface area contributed by atoms with Gasteiger partial charge in [-0.1, -0.05) is 22.0 Å². The van der Waals surface area contributed by atoms with Crippen molar-refractivity contribution in [2.75, 3.05) is 26.3 Å². The van der Waals surface area contributed by atoms with Crippen molar-refractivity contribution in [1.82, 2.24) is 4.90 Å². The minimum absolute atomic E-state index is 0.302. The molecule has 2 fully saturated rings. The van der Waals surface area contributed by atoms with Crippen LogP contribution in [0.4, 0.5) is 0 Å². The van der Waals surface area contributed by atoms with Crippen LogP contribution in [0.15, 0.2) is 22.7 Å². The van der Waals surface area contributed by atoms with E-state index in [2.05, 4.69) is 20.8 Å². The number of piperidine rings is 1. The molecule has 6 heteroatoms. The summed E-state index contributed by atoms with van der Waals surface area (Å²) in [7, 11) is 0. The summed E-state index contributed by atoms with van der Waals surface area (Å²) in [4.78, 5) is 13.3. The van der Waals surface area contributed by atoms with Gasteiger partial charge >= 0.3 is 5.97 Å². The first kappa shape index (κ1) is 15.0.